The second-order valence-electron chi connectivity index (χ2n) is 5.46. The van der Waals surface area contributed by atoms with Crippen LogP contribution in [0.25, 0.3) is 0 Å². The first-order valence-electron chi connectivity index (χ1n) is 7.16. The molecule has 3 heteroatoms. The normalized spacial score (nSPS) is 18.2. The highest BCUT2D eigenvalue weighted by Crippen LogP contribution is 2.21. The van der Waals surface area contributed by atoms with Gasteiger partial charge in [-0.15, -0.1) is 0 Å². The van der Waals surface area contributed by atoms with E-state index >= 15 is 0 Å². The van der Waals surface area contributed by atoms with Crippen LogP contribution in [0, 0.1) is 0 Å². The van der Waals surface area contributed by atoms with Crippen molar-refractivity contribution in [3.05, 3.63) is 34.9 Å². The largest absolute Gasteiger partial charge is 0.313 e. The smallest absolute Gasteiger partial charge is 0.138 e. The molecule has 1 aromatic rings. The molecule has 104 valence electrons. The van der Waals surface area contributed by atoms with Crippen LogP contribution < -0.4 is 5.32 Å². The number of benzene rings is 1. The number of carbonyl (C=O) groups is 1. The van der Waals surface area contributed by atoms with Gasteiger partial charge in [0.2, 0.25) is 0 Å². The highest BCUT2D eigenvalue weighted by Gasteiger charge is 2.19. The van der Waals surface area contributed by atoms with Gasteiger partial charge < -0.3 is 5.32 Å². The molecule has 1 aliphatic rings. The molecule has 1 aromatic carbocycles. The van der Waals surface area contributed by atoms with Crippen molar-refractivity contribution in [1.29, 1.82) is 0 Å². The maximum atomic E-state index is 11.8. The summed E-state index contributed by atoms with van der Waals surface area (Å²) in [5, 5.41) is 4.28. The van der Waals surface area contributed by atoms with E-state index in [9.17, 15) is 4.79 Å². The van der Waals surface area contributed by atoms with Crippen molar-refractivity contribution in [3.8, 4) is 0 Å². The lowest BCUT2D eigenvalue weighted by Crippen LogP contribution is -2.35. The number of hydrogen-bond acceptors (Lipinski definition) is 2. The number of ketones is 1. The van der Waals surface area contributed by atoms with E-state index in [1.807, 2.05) is 24.3 Å². The Morgan fingerprint density at radius 2 is 1.89 bits per heavy atom. The number of hydrogen-bond donors (Lipinski definition) is 1. The summed E-state index contributed by atoms with van der Waals surface area (Å²) in [5.41, 5.74) is 1.06. The molecule has 0 saturated heterocycles. The first-order chi connectivity index (χ1) is 9.16. The average Bonchev–Trinajstić information content (AvgIpc) is 2.42. The number of rotatable bonds is 5. The molecule has 2 rings (SSSR count). The lowest BCUT2D eigenvalue weighted by Gasteiger charge is -2.25. The molecule has 0 bridgehead atoms. The van der Waals surface area contributed by atoms with Crippen molar-refractivity contribution in [2.75, 3.05) is 6.54 Å². The third-order valence-corrected chi connectivity index (χ3v) is 4.23. The van der Waals surface area contributed by atoms with Crippen LogP contribution in [-0.4, -0.2) is 18.4 Å². The molecule has 0 radical (unpaired) electrons. The summed E-state index contributed by atoms with van der Waals surface area (Å²) >= 11 is 5.89. The van der Waals surface area contributed by atoms with E-state index < -0.39 is 0 Å². The predicted molar refractivity (Wildman–Crippen MR) is 79.7 cm³/mol. The van der Waals surface area contributed by atoms with Crippen LogP contribution in [0.4, 0.5) is 0 Å². The van der Waals surface area contributed by atoms with Crippen LogP contribution in [0.3, 0.4) is 0 Å². The van der Waals surface area contributed by atoms with Gasteiger partial charge in [0.15, 0.2) is 0 Å². The Morgan fingerprint density at radius 3 is 2.47 bits per heavy atom. The Bertz CT molecular complexity index is 409. The van der Waals surface area contributed by atoms with Crippen LogP contribution in [0.1, 0.15) is 50.5 Å². The fraction of sp³-hybridized carbons (Fsp3) is 0.562. The quantitative estimate of drug-likeness (QED) is 0.885. The van der Waals surface area contributed by atoms with Gasteiger partial charge in [0.1, 0.15) is 5.78 Å². The molecule has 1 atom stereocenters. The Labute approximate surface area is 120 Å². The highest BCUT2D eigenvalue weighted by atomic mass is 35.5. The van der Waals surface area contributed by atoms with Gasteiger partial charge in [-0.05, 0) is 37.5 Å². The summed E-state index contributed by atoms with van der Waals surface area (Å²) < 4.78 is 0. The van der Waals surface area contributed by atoms with Crippen molar-refractivity contribution >= 4 is 17.4 Å². The second-order valence-corrected chi connectivity index (χ2v) is 5.89. The third-order valence-electron chi connectivity index (χ3n) is 3.98. The van der Waals surface area contributed by atoms with Crippen molar-refractivity contribution in [1.82, 2.24) is 5.32 Å². The number of halogens is 1. The average molecular weight is 280 g/mol. The Balaban J connectivity index is 1.96. The standard InChI is InChI=1S/C16H22ClNO/c1-12(19)16(13-7-9-14(17)10-8-13)11-18-15-5-3-2-4-6-15/h7-10,15-16,18H,2-6,11H2,1H3. The summed E-state index contributed by atoms with van der Waals surface area (Å²) in [7, 11) is 0. The lowest BCUT2D eigenvalue weighted by molar-refractivity contribution is -0.118. The van der Waals surface area contributed by atoms with E-state index in [0.717, 1.165) is 12.1 Å². The molecule has 1 unspecified atom stereocenters. The first-order valence-corrected chi connectivity index (χ1v) is 7.54. The van der Waals surface area contributed by atoms with Gasteiger partial charge in [-0.3, -0.25) is 4.79 Å². The molecule has 0 spiro atoms. The molecule has 2 nitrogen and oxygen atoms in total. The number of nitrogens with one attached hydrogen (secondary N) is 1. The SMILES string of the molecule is CC(=O)C(CNC1CCCCC1)c1ccc(Cl)cc1. The van der Waals surface area contributed by atoms with E-state index in [1.165, 1.54) is 32.1 Å². The van der Waals surface area contributed by atoms with Crippen molar-refractivity contribution < 1.29 is 4.79 Å². The highest BCUT2D eigenvalue weighted by molar-refractivity contribution is 6.30. The topological polar surface area (TPSA) is 29.1 Å². The van der Waals surface area contributed by atoms with Gasteiger partial charge in [-0.2, -0.15) is 0 Å². The predicted octanol–water partition coefficient (Wildman–Crippen LogP) is 3.93. The minimum absolute atomic E-state index is 0.0563. The minimum atomic E-state index is -0.0563. The van der Waals surface area contributed by atoms with E-state index in [2.05, 4.69) is 5.32 Å². The summed E-state index contributed by atoms with van der Waals surface area (Å²) in [6.07, 6.45) is 6.45. The van der Waals surface area contributed by atoms with Gasteiger partial charge >= 0.3 is 0 Å². The lowest BCUT2D eigenvalue weighted by atomic mass is 9.92. The summed E-state index contributed by atoms with van der Waals surface area (Å²) in [6.45, 7) is 2.41. The zero-order valence-electron chi connectivity index (χ0n) is 11.5. The van der Waals surface area contributed by atoms with Gasteiger partial charge in [0, 0.05) is 17.6 Å². The fourth-order valence-corrected chi connectivity index (χ4v) is 2.91. The molecule has 0 aromatic heterocycles. The van der Waals surface area contributed by atoms with E-state index in [1.54, 1.807) is 6.92 Å². The third kappa shape index (κ3) is 4.32. The minimum Gasteiger partial charge on any atom is -0.313 e. The first kappa shape index (κ1) is 14.5. The zero-order chi connectivity index (χ0) is 13.7. The summed E-state index contributed by atoms with van der Waals surface area (Å²) in [4.78, 5) is 11.8. The maximum absolute atomic E-state index is 11.8. The van der Waals surface area contributed by atoms with Gasteiger partial charge in [0.05, 0.1) is 5.92 Å². The van der Waals surface area contributed by atoms with E-state index in [4.69, 9.17) is 11.6 Å². The molecule has 0 amide bonds. The monoisotopic (exact) mass is 279 g/mol. The molecule has 1 N–H and O–H groups in total. The fourth-order valence-electron chi connectivity index (χ4n) is 2.78. The van der Waals surface area contributed by atoms with Crippen molar-refractivity contribution in [2.24, 2.45) is 0 Å². The van der Waals surface area contributed by atoms with E-state index in [0.29, 0.717) is 11.1 Å². The number of Topliss-reactive ketones (excluding diaryl/α,β-unsaturated/α-hetero) is 1. The molecule has 19 heavy (non-hydrogen) atoms. The second kappa shape index (κ2) is 7.06. The Kier molecular flexibility index (Phi) is 5.41. The number of carbonyl (C=O) groups excluding carboxylic acids is 1. The Morgan fingerprint density at radius 1 is 1.26 bits per heavy atom. The molecular weight excluding hydrogens is 258 g/mol. The van der Waals surface area contributed by atoms with Crippen LogP contribution in [0.15, 0.2) is 24.3 Å². The molecule has 1 aliphatic carbocycles. The molecule has 1 saturated carbocycles. The van der Waals surface area contributed by atoms with Gasteiger partial charge in [-0.1, -0.05) is 43.0 Å². The van der Waals surface area contributed by atoms with E-state index in [-0.39, 0.29) is 11.7 Å². The van der Waals surface area contributed by atoms with Crippen LogP contribution in [0.2, 0.25) is 5.02 Å². The summed E-state index contributed by atoms with van der Waals surface area (Å²) in [6, 6.07) is 8.21. The maximum Gasteiger partial charge on any atom is 0.138 e. The van der Waals surface area contributed by atoms with Crippen LogP contribution in [0.5, 0.6) is 0 Å². The van der Waals surface area contributed by atoms with Crippen molar-refractivity contribution in [3.63, 3.8) is 0 Å². The van der Waals surface area contributed by atoms with Gasteiger partial charge in [-0.25, -0.2) is 0 Å². The Hall–Kier alpha value is -0.860. The van der Waals surface area contributed by atoms with Crippen LogP contribution in [-0.2, 0) is 4.79 Å². The molecule has 1 fully saturated rings. The van der Waals surface area contributed by atoms with Crippen LogP contribution >= 0.6 is 11.6 Å². The molecular formula is C16H22ClNO. The van der Waals surface area contributed by atoms with Gasteiger partial charge in [0.25, 0.3) is 0 Å². The molecule has 0 heterocycles. The summed E-state index contributed by atoms with van der Waals surface area (Å²) in [5.74, 6) is 0.157. The van der Waals surface area contributed by atoms with Crippen molar-refractivity contribution in [2.45, 2.75) is 51.0 Å². The zero-order valence-corrected chi connectivity index (χ0v) is 12.2. The molecule has 0 aliphatic heterocycles.